The van der Waals surface area contributed by atoms with Crippen LogP contribution in [0.2, 0.25) is 0 Å². The molecule has 2 amide bonds. The van der Waals surface area contributed by atoms with E-state index in [-0.39, 0.29) is 12.5 Å². The SMILES string of the molecule is CCCNC(=O)C(C)N(Cc1cccc(C)c1)C(=O)CN(c1ccc(Oc2ccccc2)cc1)S(C)(=O)=O. The van der Waals surface area contributed by atoms with Crippen molar-refractivity contribution in [3.63, 3.8) is 0 Å². The van der Waals surface area contributed by atoms with Crippen LogP contribution in [0, 0.1) is 6.92 Å². The number of carbonyl (C=O) groups excluding carboxylic acids is 2. The van der Waals surface area contributed by atoms with Gasteiger partial charge in [-0.3, -0.25) is 13.9 Å². The van der Waals surface area contributed by atoms with Gasteiger partial charge < -0.3 is 15.0 Å². The number of anilines is 1. The predicted octanol–water partition coefficient (Wildman–Crippen LogP) is 4.50. The van der Waals surface area contributed by atoms with Gasteiger partial charge in [0.05, 0.1) is 11.9 Å². The van der Waals surface area contributed by atoms with Gasteiger partial charge in [-0.1, -0.05) is 55.0 Å². The van der Waals surface area contributed by atoms with Crippen molar-refractivity contribution in [2.75, 3.05) is 23.7 Å². The van der Waals surface area contributed by atoms with Gasteiger partial charge in [0, 0.05) is 13.1 Å². The monoisotopic (exact) mass is 537 g/mol. The van der Waals surface area contributed by atoms with Crippen LogP contribution in [0.15, 0.2) is 78.9 Å². The van der Waals surface area contributed by atoms with Gasteiger partial charge >= 0.3 is 0 Å². The Hall–Kier alpha value is -3.85. The highest BCUT2D eigenvalue weighted by Crippen LogP contribution is 2.26. The van der Waals surface area contributed by atoms with Crippen molar-refractivity contribution in [2.24, 2.45) is 0 Å². The Labute approximate surface area is 225 Å². The first-order valence-corrected chi connectivity index (χ1v) is 14.4. The predicted molar refractivity (Wildman–Crippen MR) is 150 cm³/mol. The number of benzene rings is 3. The molecule has 0 aliphatic heterocycles. The van der Waals surface area contributed by atoms with E-state index in [1.807, 2.05) is 68.4 Å². The minimum absolute atomic E-state index is 0.169. The fraction of sp³-hybridized carbons (Fsp3) is 0.310. The van der Waals surface area contributed by atoms with Crippen molar-refractivity contribution < 1.29 is 22.7 Å². The van der Waals surface area contributed by atoms with E-state index in [9.17, 15) is 18.0 Å². The molecule has 3 rings (SSSR count). The van der Waals surface area contributed by atoms with Gasteiger partial charge in [0.15, 0.2) is 0 Å². The van der Waals surface area contributed by atoms with Crippen LogP contribution in [0.5, 0.6) is 11.5 Å². The van der Waals surface area contributed by atoms with Crippen molar-refractivity contribution in [1.82, 2.24) is 10.2 Å². The summed E-state index contributed by atoms with van der Waals surface area (Å²) in [5, 5.41) is 2.83. The smallest absolute Gasteiger partial charge is 0.244 e. The molecule has 0 aliphatic carbocycles. The number of sulfonamides is 1. The van der Waals surface area contributed by atoms with Crippen molar-refractivity contribution in [2.45, 2.75) is 39.8 Å². The molecule has 3 aromatic carbocycles. The number of hydrogen-bond donors (Lipinski definition) is 1. The summed E-state index contributed by atoms with van der Waals surface area (Å²) in [5.74, 6) is 0.404. The van der Waals surface area contributed by atoms with E-state index in [2.05, 4.69) is 5.32 Å². The molecular weight excluding hydrogens is 502 g/mol. The van der Waals surface area contributed by atoms with E-state index in [1.54, 1.807) is 31.2 Å². The first-order valence-electron chi connectivity index (χ1n) is 12.5. The van der Waals surface area contributed by atoms with Crippen LogP contribution in [0.1, 0.15) is 31.4 Å². The zero-order chi connectivity index (χ0) is 27.7. The number of hydrogen-bond acceptors (Lipinski definition) is 5. The summed E-state index contributed by atoms with van der Waals surface area (Å²) < 4.78 is 32.4. The molecule has 1 atom stereocenters. The molecule has 0 spiro atoms. The normalized spacial score (nSPS) is 11.9. The summed E-state index contributed by atoms with van der Waals surface area (Å²) in [6.45, 7) is 5.75. The van der Waals surface area contributed by atoms with Crippen LogP contribution in [0.25, 0.3) is 0 Å². The molecular formula is C29H35N3O5S. The molecule has 8 nitrogen and oxygen atoms in total. The van der Waals surface area contributed by atoms with Crippen LogP contribution in [-0.4, -0.2) is 50.5 Å². The molecule has 38 heavy (non-hydrogen) atoms. The van der Waals surface area contributed by atoms with Gasteiger partial charge in [-0.05, 0) is 62.2 Å². The molecule has 0 saturated heterocycles. The molecule has 9 heteroatoms. The van der Waals surface area contributed by atoms with Crippen molar-refractivity contribution in [3.05, 3.63) is 90.0 Å². The van der Waals surface area contributed by atoms with Crippen LogP contribution in [0.4, 0.5) is 5.69 Å². The van der Waals surface area contributed by atoms with Crippen molar-refractivity contribution in [1.29, 1.82) is 0 Å². The molecule has 0 aromatic heterocycles. The Balaban J connectivity index is 1.85. The molecule has 0 saturated carbocycles. The first kappa shape index (κ1) is 28.7. The average molecular weight is 538 g/mol. The Morgan fingerprint density at radius 2 is 1.61 bits per heavy atom. The lowest BCUT2D eigenvalue weighted by Crippen LogP contribution is -2.51. The van der Waals surface area contributed by atoms with E-state index in [4.69, 9.17) is 4.74 Å². The van der Waals surface area contributed by atoms with Gasteiger partial charge in [-0.2, -0.15) is 0 Å². The zero-order valence-electron chi connectivity index (χ0n) is 22.3. The number of amides is 2. The van der Waals surface area contributed by atoms with E-state index in [1.165, 1.54) is 4.90 Å². The summed E-state index contributed by atoms with van der Waals surface area (Å²) in [6, 6.07) is 22.6. The highest BCUT2D eigenvalue weighted by Gasteiger charge is 2.30. The van der Waals surface area contributed by atoms with Crippen LogP contribution >= 0.6 is 0 Å². The molecule has 0 heterocycles. The maximum atomic E-state index is 13.6. The fourth-order valence-electron chi connectivity index (χ4n) is 3.90. The largest absolute Gasteiger partial charge is 0.457 e. The van der Waals surface area contributed by atoms with Gasteiger partial charge in [-0.15, -0.1) is 0 Å². The second-order valence-electron chi connectivity index (χ2n) is 9.16. The fourth-order valence-corrected chi connectivity index (χ4v) is 4.75. The lowest BCUT2D eigenvalue weighted by molar-refractivity contribution is -0.139. The van der Waals surface area contributed by atoms with Crippen LogP contribution in [-0.2, 0) is 26.2 Å². The summed E-state index contributed by atoms with van der Waals surface area (Å²) in [5.41, 5.74) is 2.19. The van der Waals surface area contributed by atoms with E-state index in [0.717, 1.165) is 28.1 Å². The third-order valence-electron chi connectivity index (χ3n) is 5.93. The lowest BCUT2D eigenvalue weighted by atomic mass is 10.1. The summed E-state index contributed by atoms with van der Waals surface area (Å²) in [6.07, 6.45) is 1.81. The minimum Gasteiger partial charge on any atom is -0.457 e. The quantitative estimate of drug-likeness (QED) is 0.367. The third kappa shape index (κ3) is 8.08. The number of para-hydroxylation sites is 1. The molecule has 0 radical (unpaired) electrons. The van der Waals surface area contributed by atoms with Crippen LogP contribution < -0.4 is 14.4 Å². The molecule has 1 unspecified atom stereocenters. The number of aryl methyl sites for hydroxylation is 1. The molecule has 202 valence electrons. The van der Waals surface area contributed by atoms with E-state index < -0.39 is 28.5 Å². The molecule has 0 fully saturated rings. The second-order valence-corrected chi connectivity index (χ2v) is 11.1. The van der Waals surface area contributed by atoms with Gasteiger partial charge in [0.1, 0.15) is 24.1 Å². The zero-order valence-corrected chi connectivity index (χ0v) is 23.1. The highest BCUT2D eigenvalue weighted by atomic mass is 32.2. The molecule has 1 N–H and O–H groups in total. The van der Waals surface area contributed by atoms with Gasteiger partial charge in [-0.25, -0.2) is 8.42 Å². The highest BCUT2D eigenvalue weighted by molar-refractivity contribution is 7.92. The van der Waals surface area contributed by atoms with E-state index >= 15 is 0 Å². The number of ether oxygens (including phenoxy) is 1. The number of nitrogens with zero attached hydrogens (tertiary/aromatic N) is 2. The van der Waals surface area contributed by atoms with Crippen molar-refractivity contribution >= 4 is 27.5 Å². The number of carbonyl (C=O) groups is 2. The Kier molecular flexibility index (Phi) is 9.90. The Bertz CT molecular complexity index is 1330. The van der Waals surface area contributed by atoms with E-state index in [0.29, 0.717) is 23.7 Å². The summed E-state index contributed by atoms with van der Waals surface area (Å²) in [7, 11) is -3.81. The topological polar surface area (TPSA) is 96.0 Å². The van der Waals surface area contributed by atoms with Crippen molar-refractivity contribution in [3.8, 4) is 11.5 Å². The number of rotatable bonds is 12. The maximum absolute atomic E-state index is 13.6. The minimum atomic E-state index is -3.81. The molecule has 0 bridgehead atoms. The van der Waals surface area contributed by atoms with Gasteiger partial charge in [0.2, 0.25) is 21.8 Å². The Morgan fingerprint density at radius 1 is 0.947 bits per heavy atom. The Morgan fingerprint density at radius 3 is 2.21 bits per heavy atom. The average Bonchev–Trinajstić information content (AvgIpc) is 2.89. The number of nitrogens with one attached hydrogen (secondary N) is 1. The first-order chi connectivity index (χ1) is 18.1. The maximum Gasteiger partial charge on any atom is 0.244 e. The lowest BCUT2D eigenvalue weighted by Gasteiger charge is -2.31. The second kappa shape index (κ2) is 13.1. The van der Waals surface area contributed by atoms with Crippen LogP contribution in [0.3, 0.4) is 0 Å². The third-order valence-corrected chi connectivity index (χ3v) is 7.08. The standard InChI is InChI=1S/C29H35N3O5S/c1-5-18-30-29(34)23(3)31(20-24-11-9-10-22(2)19-24)28(33)21-32(38(4,35)36)25-14-16-27(17-15-25)37-26-12-7-6-8-13-26/h6-17,19,23H,5,18,20-21H2,1-4H3,(H,30,34). The molecule has 3 aromatic rings. The van der Waals surface area contributed by atoms with Gasteiger partial charge in [0.25, 0.3) is 0 Å². The summed E-state index contributed by atoms with van der Waals surface area (Å²) in [4.78, 5) is 27.8. The molecule has 0 aliphatic rings. The summed E-state index contributed by atoms with van der Waals surface area (Å²) >= 11 is 0.